The van der Waals surface area contributed by atoms with Crippen molar-refractivity contribution >= 4 is 28.3 Å². The molecule has 5 aromatic rings. The van der Waals surface area contributed by atoms with Crippen LogP contribution in [0.1, 0.15) is 38.2 Å². The Kier molecular flexibility index (Phi) is 6.05. The molecule has 0 saturated heterocycles. The van der Waals surface area contributed by atoms with Crippen molar-refractivity contribution < 1.29 is 4.79 Å². The Bertz CT molecular complexity index is 1770. The first kappa shape index (κ1) is 25.0. The zero-order valence-electron chi connectivity index (χ0n) is 23.3. The summed E-state index contributed by atoms with van der Waals surface area (Å²) in [6, 6.07) is 46.1. The van der Waals surface area contributed by atoms with Gasteiger partial charge in [0, 0.05) is 24.0 Å². The third kappa shape index (κ3) is 3.98. The molecule has 2 aliphatic rings. The number of para-hydroxylation sites is 2. The number of nitrogens with zero attached hydrogens (tertiary/aromatic N) is 1. The van der Waals surface area contributed by atoms with Crippen LogP contribution in [0.25, 0.3) is 11.1 Å². The summed E-state index contributed by atoms with van der Waals surface area (Å²) in [7, 11) is 2.12. The van der Waals surface area contributed by atoms with E-state index in [1.54, 1.807) is 0 Å². The van der Waals surface area contributed by atoms with Gasteiger partial charge in [-0.3, -0.25) is 4.79 Å². The largest absolute Gasteiger partial charge is 0.344 e. The number of aryl methyl sites for hydroxylation is 1. The predicted octanol–water partition coefficient (Wildman–Crippen LogP) is 9.04. The summed E-state index contributed by atoms with van der Waals surface area (Å²) >= 11 is 0. The van der Waals surface area contributed by atoms with Gasteiger partial charge < -0.3 is 4.90 Å². The molecule has 198 valence electrons. The van der Waals surface area contributed by atoms with Crippen LogP contribution < -0.4 is 4.90 Å². The third-order valence-electron chi connectivity index (χ3n) is 8.70. The zero-order chi connectivity index (χ0) is 28.0. The van der Waals surface area contributed by atoms with Crippen LogP contribution in [-0.2, 0) is 5.41 Å². The van der Waals surface area contributed by atoms with Crippen molar-refractivity contribution in [2.24, 2.45) is 5.92 Å². The van der Waals surface area contributed by atoms with Crippen LogP contribution in [0, 0.1) is 12.8 Å². The van der Waals surface area contributed by atoms with Gasteiger partial charge in [0.15, 0.2) is 5.78 Å². The molecule has 1 heterocycles. The van der Waals surface area contributed by atoms with Crippen LogP contribution in [0.4, 0.5) is 11.4 Å². The molecule has 0 fully saturated rings. The molecule has 0 amide bonds. The van der Waals surface area contributed by atoms with Gasteiger partial charge in [-0.05, 0) is 52.5 Å². The molecular formula is C39H31NO. The average Bonchev–Trinajstić information content (AvgIpc) is 3.04. The van der Waals surface area contributed by atoms with Gasteiger partial charge in [0.1, 0.15) is 0 Å². The van der Waals surface area contributed by atoms with Gasteiger partial charge in [0.05, 0.1) is 11.3 Å². The summed E-state index contributed by atoms with van der Waals surface area (Å²) in [6.45, 7) is 2.10. The monoisotopic (exact) mass is 529 g/mol. The average molecular weight is 530 g/mol. The Morgan fingerprint density at radius 1 is 0.634 bits per heavy atom. The molecule has 0 aromatic heterocycles. The van der Waals surface area contributed by atoms with Crippen LogP contribution in [0.3, 0.4) is 0 Å². The number of allylic oxidation sites excluding steroid dienone is 4. The van der Waals surface area contributed by atoms with Gasteiger partial charge in [0.25, 0.3) is 0 Å². The van der Waals surface area contributed by atoms with Crippen LogP contribution in [0.5, 0.6) is 0 Å². The molecule has 2 heteroatoms. The van der Waals surface area contributed by atoms with Crippen molar-refractivity contribution in [3.63, 3.8) is 0 Å². The van der Waals surface area contributed by atoms with Crippen molar-refractivity contribution in [2.45, 2.75) is 12.3 Å². The topological polar surface area (TPSA) is 20.3 Å². The normalized spacial score (nSPS) is 16.8. The Labute approximate surface area is 241 Å². The van der Waals surface area contributed by atoms with E-state index in [0.717, 1.165) is 50.3 Å². The van der Waals surface area contributed by atoms with Gasteiger partial charge in [0.2, 0.25) is 0 Å². The molecule has 7 rings (SSSR count). The van der Waals surface area contributed by atoms with Crippen LogP contribution in [-0.4, -0.2) is 12.8 Å². The second kappa shape index (κ2) is 9.91. The second-order valence-corrected chi connectivity index (χ2v) is 11.1. The van der Waals surface area contributed by atoms with E-state index in [1.807, 2.05) is 30.3 Å². The number of hydrogen-bond acceptors (Lipinski definition) is 2. The number of carbonyl (C=O) groups is 1. The Hall–Kier alpha value is -4.95. The lowest BCUT2D eigenvalue weighted by atomic mass is 9.55. The van der Waals surface area contributed by atoms with E-state index in [0.29, 0.717) is 0 Å². The quantitative estimate of drug-likeness (QED) is 0.217. The number of hydrogen-bond donors (Lipinski definition) is 0. The summed E-state index contributed by atoms with van der Waals surface area (Å²) in [5.74, 6) is -0.356. The summed E-state index contributed by atoms with van der Waals surface area (Å²) in [5.41, 5.74) is 10.1. The highest BCUT2D eigenvalue weighted by Gasteiger charge is 2.52. The molecule has 1 atom stereocenters. The summed E-state index contributed by atoms with van der Waals surface area (Å²) < 4.78 is 0. The Morgan fingerprint density at radius 2 is 1.17 bits per heavy atom. The smallest absolute Gasteiger partial charge is 0.171 e. The van der Waals surface area contributed by atoms with E-state index in [-0.39, 0.29) is 5.78 Å². The molecule has 1 unspecified atom stereocenters. The number of fused-ring (bicyclic) bond motifs is 4. The Morgan fingerprint density at radius 3 is 1.78 bits per heavy atom. The number of ketones is 1. The van der Waals surface area contributed by atoms with Gasteiger partial charge in [-0.2, -0.15) is 0 Å². The van der Waals surface area contributed by atoms with Crippen LogP contribution >= 0.6 is 0 Å². The molecule has 0 saturated carbocycles. The molecule has 0 radical (unpaired) electrons. The molecule has 1 aliphatic heterocycles. The van der Waals surface area contributed by atoms with Crippen molar-refractivity contribution in [1.82, 2.24) is 0 Å². The fraction of sp³-hybridized carbons (Fsp3) is 0.103. The van der Waals surface area contributed by atoms with Gasteiger partial charge in [-0.1, -0.05) is 139 Å². The van der Waals surface area contributed by atoms with Crippen molar-refractivity contribution in [3.8, 4) is 0 Å². The molecule has 1 aliphatic carbocycles. The van der Waals surface area contributed by atoms with Crippen molar-refractivity contribution in [3.05, 3.63) is 179 Å². The lowest BCUT2D eigenvalue weighted by Gasteiger charge is -2.49. The lowest BCUT2D eigenvalue weighted by molar-refractivity contribution is 0.0924. The third-order valence-corrected chi connectivity index (χ3v) is 8.70. The minimum Gasteiger partial charge on any atom is -0.344 e. The van der Waals surface area contributed by atoms with Gasteiger partial charge in [-0.15, -0.1) is 0 Å². The summed E-state index contributed by atoms with van der Waals surface area (Å²) in [5, 5.41) is 0. The Balaban J connectivity index is 1.62. The maximum absolute atomic E-state index is 15.0. The number of benzene rings is 5. The minimum absolute atomic E-state index is 0.120. The van der Waals surface area contributed by atoms with Crippen molar-refractivity contribution in [1.29, 1.82) is 0 Å². The standard InChI is InChI=1S/C39H31NO/c1-27-21-23-29(24-22-27)32-25-31(28-13-5-3-6-14-28)26-39(37(32)38(41)30-15-7-4-8-16-30)33-17-9-11-19-35(33)40(2)36-20-12-10-18-34(36)39/h3-26,37H,1-2H3. The maximum Gasteiger partial charge on any atom is 0.171 e. The highest BCUT2D eigenvalue weighted by atomic mass is 16.1. The summed E-state index contributed by atoms with van der Waals surface area (Å²) in [4.78, 5) is 17.2. The number of Topliss-reactive ketones (excluding diaryl/α,β-unsaturated/α-hetero) is 1. The predicted molar refractivity (Wildman–Crippen MR) is 170 cm³/mol. The van der Waals surface area contributed by atoms with E-state index in [2.05, 4.69) is 134 Å². The second-order valence-electron chi connectivity index (χ2n) is 11.1. The van der Waals surface area contributed by atoms with Crippen LogP contribution in [0.15, 0.2) is 146 Å². The molecule has 2 nitrogen and oxygen atoms in total. The van der Waals surface area contributed by atoms with E-state index in [4.69, 9.17) is 0 Å². The van der Waals surface area contributed by atoms with E-state index in [9.17, 15) is 4.79 Å². The first-order valence-electron chi connectivity index (χ1n) is 14.2. The first-order valence-corrected chi connectivity index (χ1v) is 14.2. The summed E-state index contributed by atoms with van der Waals surface area (Å²) in [6.07, 6.45) is 4.62. The molecule has 0 N–H and O–H groups in total. The zero-order valence-corrected chi connectivity index (χ0v) is 23.3. The fourth-order valence-electron chi connectivity index (χ4n) is 6.75. The van der Waals surface area contributed by atoms with Crippen LogP contribution in [0.2, 0.25) is 0 Å². The molecule has 41 heavy (non-hydrogen) atoms. The lowest BCUT2D eigenvalue weighted by Crippen LogP contribution is -2.45. The minimum atomic E-state index is -0.729. The highest BCUT2D eigenvalue weighted by molar-refractivity contribution is 6.10. The molecule has 1 spiro atoms. The fourth-order valence-corrected chi connectivity index (χ4v) is 6.75. The first-order chi connectivity index (χ1) is 20.1. The molecule has 5 aromatic carbocycles. The van der Waals surface area contributed by atoms with Crippen molar-refractivity contribution in [2.75, 3.05) is 11.9 Å². The van der Waals surface area contributed by atoms with E-state index in [1.165, 1.54) is 5.56 Å². The molecule has 0 bridgehead atoms. The highest BCUT2D eigenvalue weighted by Crippen LogP contribution is 2.59. The number of anilines is 2. The van der Waals surface area contributed by atoms with Gasteiger partial charge in [-0.25, -0.2) is 0 Å². The maximum atomic E-state index is 15.0. The number of carbonyl (C=O) groups excluding carboxylic acids is 1. The van der Waals surface area contributed by atoms with E-state index < -0.39 is 11.3 Å². The SMILES string of the molecule is Cc1ccc(C2=CC(c3ccccc3)=CC3(c4ccccc4N(C)c4ccccc43)C2C(=O)c2ccccc2)cc1. The van der Waals surface area contributed by atoms with Gasteiger partial charge >= 0.3 is 0 Å². The molecular weight excluding hydrogens is 498 g/mol. The number of rotatable bonds is 4. The van der Waals surface area contributed by atoms with E-state index >= 15 is 0 Å².